The summed E-state index contributed by atoms with van der Waals surface area (Å²) < 4.78 is 5.55. The van der Waals surface area contributed by atoms with Crippen molar-refractivity contribution in [3.8, 4) is 0 Å². The summed E-state index contributed by atoms with van der Waals surface area (Å²) in [5.74, 6) is 1.78. The zero-order valence-corrected chi connectivity index (χ0v) is 16.9. The third-order valence-corrected chi connectivity index (χ3v) is 4.69. The molecule has 1 saturated heterocycles. The van der Waals surface area contributed by atoms with E-state index in [2.05, 4.69) is 25.9 Å². The number of oxazole rings is 1. The van der Waals surface area contributed by atoms with Gasteiger partial charge in [0.2, 0.25) is 11.8 Å². The number of guanidine groups is 1. The van der Waals surface area contributed by atoms with Gasteiger partial charge in [0.1, 0.15) is 5.76 Å². The van der Waals surface area contributed by atoms with E-state index in [0.717, 1.165) is 17.0 Å². The number of carbonyl (C=O) groups is 2. The Morgan fingerprint density at radius 2 is 1.97 bits per heavy atom. The van der Waals surface area contributed by atoms with Crippen molar-refractivity contribution >= 4 is 17.8 Å². The van der Waals surface area contributed by atoms with Crippen molar-refractivity contribution in [3.63, 3.8) is 0 Å². The summed E-state index contributed by atoms with van der Waals surface area (Å²) in [6.45, 7) is 5.89. The average molecular weight is 398 g/mol. The molecular formula is C20H26N6O3. The van der Waals surface area contributed by atoms with E-state index in [1.807, 2.05) is 26.0 Å². The maximum atomic E-state index is 12.5. The highest BCUT2D eigenvalue weighted by molar-refractivity contribution is 5.97. The third kappa shape index (κ3) is 5.34. The van der Waals surface area contributed by atoms with E-state index >= 15 is 0 Å². The van der Waals surface area contributed by atoms with Crippen LogP contribution in [-0.4, -0.2) is 54.3 Å². The number of carbonyl (C=O) groups excluding carboxylic acids is 2. The minimum atomic E-state index is -0.131. The van der Waals surface area contributed by atoms with Gasteiger partial charge < -0.3 is 25.3 Å². The van der Waals surface area contributed by atoms with Crippen molar-refractivity contribution in [1.82, 2.24) is 25.8 Å². The molecule has 0 spiro atoms. The summed E-state index contributed by atoms with van der Waals surface area (Å²) in [6, 6.07) is 7.33. The fraction of sp³-hybridized carbons (Fsp3) is 0.400. The number of hydrogen-bond donors (Lipinski definition) is 3. The molecule has 154 valence electrons. The van der Waals surface area contributed by atoms with Gasteiger partial charge in [-0.25, -0.2) is 4.98 Å². The number of amides is 2. The maximum absolute atomic E-state index is 12.5. The van der Waals surface area contributed by atoms with Gasteiger partial charge in [0, 0.05) is 32.2 Å². The monoisotopic (exact) mass is 398 g/mol. The summed E-state index contributed by atoms with van der Waals surface area (Å²) in [5.41, 5.74) is 2.45. The molecule has 1 aromatic carbocycles. The van der Waals surface area contributed by atoms with E-state index < -0.39 is 0 Å². The van der Waals surface area contributed by atoms with Gasteiger partial charge in [-0.3, -0.25) is 14.6 Å². The van der Waals surface area contributed by atoms with Crippen LogP contribution in [0.5, 0.6) is 0 Å². The molecule has 0 saturated carbocycles. The molecule has 1 aliphatic rings. The molecule has 2 amide bonds. The van der Waals surface area contributed by atoms with Gasteiger partial charge in [0.05, 0.1) is 18.8 Å². The van der Waals surface area contributed by atoms with E-state index in [1.54, 1.807) is 24.1 Å². The van der Waals surface area contributed by atoms with Gasteiger partial charge >= 0.3 is 0 Å². The van der Waals surface area contributed by atoms with Crippen LogP contribution in [0.3, 0.4) is 0 Å². The van der Waals surface area contributed by atoms with E-state index in [9.17, 15) is 9.59 Å². The van der Waals surface area contributed by atoms with Crippen LogP contribution in [0.4, 0.5) is 0 Å². The zero-order valence-electron chi connectivity index (χ0n) is 16.9. The lowest BCUT2D eigenvalue weighted by Crippen LogP contribution is -2.49. The number of aryl methyl sites for hydroxylation is 2. The smallest absolute Gasteiger partial charge is 0.254 e. The van der Waals surface area contributed by atoms with E-state index in [4.69, 9.17) is 4.42 Å². The minimum absolute atomic E-state index is 0.105. The van der Waals surface area contributed by atoms with Crippen LogP contribution in [0, 0.1) is 13.8 Å². The van der Waals surface area contributed by atoms with Crippen LogP contribution in [0.1, 0.15) is 33.3 Å². The highest BCUT2D eigenvalue weighted by Gasteiger charge is 2.22. The Morgan fingerprint density at radius 3 is 2.59 bits per heavy atom. The predicted octanol–water partition coefficient (Wildman–Crippen LogP) is 0.729. The number of nitrogens with one attached hydrogen (secondary N) is 3. The van der Waals surface area contributed by atoms with Crippen molar-refractivity contribution in [2.45, 2.75) is 26.9 Å². The molecule has 29 heavy (non-hydrogen) atoms. The fourth-order valence-electron chi connectivity index (χ4n) is 2.94. The molecule has 9 nitrogen and oxygen atoms in total. The van der Waals surface area contributed by atoms with E-state index in [-0.39, 0.29) is 18.4 Å². The molecular weight excluding hydrogens is 372 g/mol. The van der Waals surface area contributed by atoms with Crippen LogP contribution in [-0.2, 0) is 17.9 Å². The molecule has 1 aromatic heterocycles. The molecule has 2 heterocycles. The number of benzene rings is 1. The summed E-state index contributed by atoms with van der Waals surface area (Å²) in [4.78, 5) is 34.0. The molecule has 9 heteroatoms. The van der Waals surface area contributed by atoms with E-state index in [0.29, 0.717) is 43.6 Å². The van der Waals surface area contributed by atoms with Crippen LogP contribution < -0.4 is 16.0 Å². The standard InChI is InChI=1S/C20H26N6O3/c1-13-14(2)29-18(25-13)11-24-20(21-3)23-10-15-4-6-16(7-5-15)19(28)26-9-8-22-17(27)12-26/h4-7H,8-12H2,1-3H3,(H,22,27)(H2,21,23,24). The summed E-state index contributed by atoms with van der Waals surface area (Å²) in [7, 11) is 1.69. The molecule has 0 radical (unpaired) electrons. The first-order valence-corrected chi connectivity index (χ1v) is 9.48. The quantitative estimate of drug-likeness (QED) is 0.506. The normalized spacial score (nSPS) is 14.5. The maximum Gasteiger partial charge on any atom is 0.254 e. The van der Waals surface area contributed by atoms with E-state index in [1.165, 1.54) is 0 Å². The van der Waals surface area contributed by atoms with Crippen molar-refractivity contribution in [2.75, 3.05) is 26.7 Å². The molecule has 0 aliphatic carbocycles. The second-order valence-corrected chi connectivity index (χ2v) is 6.80. The lowest BCUT2D eigenvalue weighted by molar-refractivity contribution is -0.123. The summed E-state index contributed by atoms with van der Waals surface area (Å²) in [6.07, 6.45) is 0. The van der Waals surface area contributed by atoms with Crippen molar-refractivity contribution in [2.24, 2.45) is 4.99 Å². The highest BCUT2D eigenvalue weighted by atomic mass is 16.4. The average Bonchev–Trinajstić information content (AvgIpc) is 3.05. The summed E-state index contributed by atoms with van der Waals surface area (Å²) >= 11 is 0. The van der Waals surface area contributed by atoms with Crippen LogP contribution in [0.2, 0.25) is 0 Å². The number of piperazine rings is 1. The Kier molecular flexibility index (Phi) is 6.48. The first-order valence-electron chi connectivity index (χ1n) is 9.48. The molecule has 0 bridgehead atoms. The van der Waals surface area contributed by atoms with Gasteiger partial charge in [-0.1, -0.05) is 12.1 Å². The Labute approximate surface area is 169 Å². The minimum Gasteiger partial charge on any atom is -0.444 e. The molecule has 2 aromatic rings. The molecule has 0 unspecified atom stereocenters. The first kappa shape index (κ1) is 20.4. The SMILES string of the molecule is CN=C(NCc1ccc(C(=O)N2CCNC(=O)C2)cc1)NCc1nc(C)c(C)o1. The second kappa shape index (κ2) is 9.22. The molecule has 1 aliphatic heterocycles. The second-order valence-electron chi connectivity index (χ2n) is 6.80. The van der Waals surface area contributed by atoms with Crippen molar-refractivity contribution in [1.29, 1.82) is 0 Å². The highest BCUT2D eigenvalue weighted by Crippen LogP contribution is 2.10. The van der Waals surface area contributed by atoms with Gasteiger partial charge in [-0.2, -0.15) is 0 Å². The first-order chi connectivity index (χ1) is 14.0. The topological polar surface area (TPSA) is 112 Å². The molecule has 3 N–H and O–H groups in total. The number of hydrogen-bond acceptors (Lipinski definition) is 5. The van der Waals surface area contributed by atoms with Gasteiger partial charge in [0.25, 0.3) is 5.91 Å². The Balaban J connectivity index is 1.50. The van der Waals surface area contributed by atoms with Crippen LogP contribution >= 0.6 is 0 Å². The lowest BCUT2D eigenvalue weighted by atomic mass is 10.1. The fourth-order valence-corrected chi connectivity index (χ4v) is 2.94. The van der Waals surface area contributed by atoms with Gasteiger partial charge in [0.15, 0.2) is 5.96 Å². The molecule has 0 atom stereocenters. The van der Waals surface area contributed by atoms with Crippen LogP contribution in [0.15, 0.2) is 33.7 Å². The number of aliphatic imine (C=N–C) groups is 1. The van der Waals surface area contributed by atoms with Crippen molar-refractivity contribution < 1.29 is 14.0 Å². The van der Waals surface area contributed by atoms with Gasteiger partial charge in [-0.05, 0) is 31.5 Å². The van der Waals surface area contributed by atoms with Gasteiger partial charge in [-0.15, -0.1) is 0 Å². The number of nitrogens with zero attached hydrogens (tertiary/aromatic N) is 3. The third-order valence-electron chi connectivity index (χ3n) is 4.69. The zero-order chi connectivity index (χ0) is 20.8. The predicted molar refractivity (Wildman–Crippen MR) is 108 cm³/mol. The Morgan fingerprint density at radius 1 is 1.24 bits per heavy atom. The largest absolute Gasteiger partial charge is 0.444 e. The summed E-state index contributed by atoms with van der Waals surface area (Å²) in [5, 5.41) is 9.09. The number of aromatic nitrogens is 1. The number of rotatable bonds is 5. The lowest BCUT2D eigenvalue weighted by Gasteiger charge is -2.26. The van der Waals surface area contributed by atoms with Crippen LogP contribution in [0.25, 0.3) is 0 Å². The Hall–Kier alpha value is -3.36. The molecule has 1 fully saturated rings. The Bertz CT molecular complexity index is 884. The van der Waals surface area contributed by atoms with Crippen molar-refractivity contribution in [3.05, 3.63) is 52.7 Å². The molecule has 3 rings (SSSR count).